The Hall–Kier alpha value is -0.0800. The van der Waals surface area contributed by atoms with Gasteiger partial charge in [-0.25, -0.2) is 0 Å². The smallest absolute Gasteiger partial charge is 0.0255 e. The summed E-state index contributed by atoms with van der Waals surface area (Å²) in [5, 5.41) is 0. The highest BCUT2D eigenvalue weighted by molar-refractivity contribution is 4.98. The van der Waals surface area contributed by atoms with Crippen LogP contribution in [-0.4, -0.2) is 29.6 Å². The third kappa shape index (κ3) is 3.76. The molecule has 2 heteroatoms. The molecule has 0 amide bonds. The van der Waals surface area contributed by atoms with Gasteiger partial charge < -0.3 is 5.73 Å². The summed E-state index contributed by atoms with van der Waals surface area (Å²) in [6.07, 6.45) is 11.0. The highest BCUT2D eigenvalue weighted by atomic mass is 15.2. The Morgan fingerprint density at radius 2 is 1.75 bits per heavy atom. The fourth-order valence-corrected chi connectivity index (χ4v) is 4.27. The summed E-state index contributed by atoms with van der Waals surface area (Å²) in [6, 6.07) is 1.79. The molecule has 2 nitrogen and oxygen atoms in total. The van der Waals surface area contributed by atoms with Gasteiger partial charge in [-0.1, -0.05) is 47.0 Å². The van der Waals surface area contributed by atoms with Crippen molar-refractivity contribution in [3.8, 4) is 0 Å². The Morgan fingerprint density at radius 3 is 2.35 bits per heavy atom. The van der Waals surface area contributed by atoms with Crippen LogP contribution >= 0.6 is 0 Å². The van der Waals surface area contributed by atoms with Crippen LogP contribution in [0.3, 0.4) is 0 Å². The predicted molar refractivity (Wildman–Crippen MR) is 87.8 cm³/mol. The maximum absolute atomic E-state index is 6.69. The van der Waals surface area contributed by atoms with Gasteiger partial charge in [-0.2, -0.15) is 0 Å². The minimum absolute atomic E-state index is 0.317. The second-order valence-corrected chi connectivity index (χ2v) is 8.33. The lowest BCUT2D eigenvalue weighted by molar-refractivity contribution is 0.0370. The van der Waals surface area contributed by atoms with Gasteiger partial charge in [0.15, 0.2) is 0 Å². The lowest BCUT2D eigenvalue weighted by Crippen LogP contribution is -2.59. The van der Waals surface area contributed by atoms with Crippen LogP contribution in [0.5, 0.6) is 0 Å². The molecule has 20 heavy (non-hydrogen) atoms. The largest absolute Gasteiger partial charge is 0.326 e. The van der Waals surface area contributed by atoms with Gasteiger partial charge in [-0.15, -0.1) is 0 Å². The van der Waals surface area contributed by atoms with Crippen molar-refractivity contribution in [1.29, 1.82) is 0 Å². The topological polar surface area (TPSA) is 29.3 Å². The third-order valence-corrected chi connectivity index (χ3v) is 5.82. The van der Waals surface area contributed by atoms with Crippen LogP contribution in [0.25, 0.3) is 0 Å². The van der Waals surface area contributed by atoms with E-state index >= 15 is 0 Å². The standard InChI is InChI=1S/C18H36N2/c1-14(2)11-13-20(15-8-5-6-9-15)16-10-7-12-18(3,4)17(16)19/h14-17H,5-13,19H2,1-4H3. The summed E-state index contributed by atoms with van der Waals surface area (Å²) in [5.74, 6) is 0.798. The van der Waals surface area contributed by atoms with Crippen molar-refractivity contribution >= 4 is 0 Å². The van der Waals surface area contributed by atoms with E-state index in [2.05, 4.69) is 32.6 Å². The van der Waals surface area contributed by atoms with Gasteiger partial charge in [0.2, 0.25) is 0 Å². The zero-order valence-corrected chi connectivity index (χ0v) is 14.2. The first kappa shape index (κ1) is 16.3. The molecular formula is C18H36N2. The highest BCUT2D eigenvalue weighted by Crippen LogP contribution is 2.39. The van der Waals surface area contributed by atoms with Gasteiger partial charge in [0.1, 0.15) is 0 Å². The van der Waals surface area contributed by atoms with Crippen molar-refractivity contribution in [1.82, 2.24) is 4.90 Å². The summed E-state index contributed by atoms with van der Waals surface area (Å²) < 4.78 is 0. The number of rotatable bonds is 5. The Morgan fingerprint density at radius 1 is 1.10 bits per heavy atom. The van der Waals surface area contributed by atoms with Crippen molar-refractivity contribution in [3.05, 3.63) is 0 Å². The lowest BCUT2D eigenvalue weighted by atomic mass is 9.70. The molecule has 0 radical (unpaired) electrons. The summed E-state index contributed by atoms with van der Waals surface area (Å²) >= 11 is 0. The summed E-state index contributed by atoms with van der Waals surface area (Å²) in [7, 11) is 0. The molecule has 2 fully saturated rings. The second kappa shape index (κ2) is 6.79. The molecule has 118 valence electrons. The van der Waals surface area contributed by atoms with Crippen molar-refractivity contribution in [2.75, 3.05) is 6.54 Å². The molecule has 0 bridgehead atoms. The fraction of sp³-hybridized carbons (Fsp3) is 1.00. The van der Waals surface area contributed by atoms with Gasteiger partial charge in [0.05, 0.1) is 0 Å². The minimum atomic E-state index is 0.317. The van der Waals surface area contributed by atoms with Gasteiger partial charge in [-0.3, -0.25) is 4.90 Å². The molecule has 0 aliphatic heterocycles. The SMILES string of the molecule is CC(C)CCN(C1CCCC1)C1CCCC(C)(C)C1N. The van der Waals surface area contributed by atoms with E-state index in [4.69, 9.17) is 5.73 Å². The Balaban J connectivity index is 2.07. The molecule has 2 aliphatic carbocycles. The molecule has 0 spiro atoms. The number of hydrogen-bond acceptors (Lipinski definition) is 2. The minimum Gasteiger partial charge on any atom is -0.326 e. The van der Waals surface area contributed by atoms with Crippen molar-refractivity contribution < 1.29 is 0 Å². The number of nitrogens with two attached hydrogens (primary N) is 1. The van der Waals surface area contributed by atoms with Gasteiger partial charge in [0, 0.05) is 18.1 Å². The molecular weight excluding hydrogens is 244 g/mol. The van der Waals surface area contributed by atoms with Gasteiger partial charge >= 0.3 is 0 Å². The molecule has 0 aromatic carbocycles. The Bertz CT molecular complexity index is 292. The maximum Gasteiger partial charge on any atom is 0.0255 e. The normalized spacial score (nSPS) is 31.4. The van der Waals surface area contributed by atoms with Crippen molar-refractivity contribution in [2.24, 2.45) is 17.1 Å². The molecule has 2 aliphatic rings. The number of hydrogen-bond donors (Lipinski definition) is 1. The van der Waals surface area contributed by atoms with Crippen LogP contribution in [0.4, 0.5) is 0 Å². The molecule has 0 aromatic heterocycles. The van der Waals surface area contributed by atoms with E-state index in [1.807, 2.05) is 0 Å². The van der Waals surface area contributed by atoms with E-state index in [-0.39, 0.29) is 0 Å². The van der Waals surface area contributed by atoms with Crippen LogP contribution in [0.1, 0.15) is 79.1 Å². The van der Waals surface area contributed by atoms with Crippen LogP contribution in [0.15, 0.2) is 0 Å². The van der Waals surface area contributed by atoms with Gasteiger partial charge in [-0.05, 0) is 50.0 Å². The van der Waals surface area contributed by atoms with Crippen LogP contribution in [0.2, 0.25) is 0 Å². The van der Waals surface area contributed by atoms with Crippen molar-refractivity contribution in [3.63, 3.8) is 0 Å². The van der Waals surface area contributed by atoms with Crippen LogP contribution in [0, 0.1) is 11.3 Å². The van der Waals surface area contributed by atoms with E-state index < -0.39 is 0 Å². The Kier molecular flexibility index (Phi) is 5.53. The van der Waals surface area contributed by atoms with E-state index in [1.54, 1.807) is 0 Å². The molecule has 0 aromatic rings. The molecule has 2 N–H and O–H groups in total. The first-order valence-electron chi connectivity index (χ1n) is 8.93. The summed E-state index contributed by atoms with van der Waals surface area (Å²) in [5.41, 5.74) is 7.01. The van der Waals surface area contributed by atoms with E-state index in [0.29, 0.717) is 17.5 Å². The zero-order valence-electron chi connectivity index (χ0n) is 14.2. The zero-order chi connectivity index (χ0) is 14.8. The fourth-order valence-electron chi connectivity index (χ4n) is 4.27. The average molecular weight is 280 g/mol. The second-order valence-electron chi connectivity index (χ2n) is 8.33. The maximum atomic E-state index is 6.69. The molecule has 0 heterocycles. The monoisotopic (exact) mass is 280 g/mol. The third-order valence-electron chi connectivity index (χ3n) is 5.82. The molecule has 0 saturated heterocycles. The molecule has 2 unspecified atom stereocenters. The Labute approximate surface area is 126 Å². The molecule has 2 rings (SSSR count). The number of nitrogens with zero attached hydrogens (tertiary/aromatic N) is 1. The summed E-state index contributed by atoms with van der Waals surface area (Å²) in [4.78, 5) is 2.83. The van der Waals surface area contributed by atoms with Gasteiger partial charge in [0.25, 0.3) is 0 Å². The average Bonchev–Trinajstić information content (AvgIpc) is 2.88. The van der Waals surface area contributed by atoms with Crippen LogP contribution in [-0.2, 0) is 0 Å². The summed E-state index contributed by atoms with van der Waals surface area (Å²) in [6.45, 7) is 10.7. The first-order valence-corrected chi connectivity index (χ1v) is 8.93. The highest BCUT2D eigenvalue weighted by Gasteiger charge is 2.41. The van der Waals surface area contributed by atoms with E-state index in [9.17, 15) is 0 Å². The van der Waals surface area contributed by atoms with Crippen molar-refractivity contribution in [2.45, 2.75) is 97.2 Å². The molecule has 2 saturated carbocycles. The van der Waals surface area contributed by atoms with E-state index in [1.165, 1.54) is 57.9 Å². The molecule has 2 atom stereocenters. The quantitative estimate of drug-likeness (QED) is 0.818. The predicted octanol–water partition coefficient (Wildman–Crippen LogP) is 4.18. The van der Waals surface area contributed by atoms with Crippen LogP contribution < -0.4 is 5.73 Å². The first-order chi connectivity index (χ1) is 9.42. The van der Waals surface area contributed by atoms with E-state index in [0.717, 1.165) is 12.0 Å². The lowest BCUT2D eigenvalue weighted by Gasteiger charge is -2.48.